The topological polar surface area (TPSA) is 52.6 Å². The number of alkyl halides is 1. The van der Waals surface area contributed by atoms with Crippen LogP contribution >= 0.6 is 15.9 Å². The van der Waals surface area contributed by atoms with Gasteiger partial charge in [0.1, 0.15) is 10.9 Å². The molecule has 4 saturated carbocycles. The maximum atomic E-state index is 12.3. The number of ether oxygens (including phenoxy) is 2. The standard InChI is InChI=1S/C17H25BrO4/c1-10(2)17(22-16(20)9-21-15(19)8-18)13-4-11-3-12(6-13)7-14(17)5-11/h10-14H,3-9H2,1-2H3. The molecule has 0 unspecified atom stereocenters. The van der Waals surface area contributed by atoms with Crippen molar-refractivity contribution in [3.8, 4) is 0 Å². The Labute approximate surface area is 140 Å². The molecule has 0 atom stereocenters. The van der Waals surface area contributed by atoms with E-state index in [0.717, 1.165) is 11.8 Å². The predicted octanol–water partition coefficient (Wildman–Crippen LogP) is 3.32. The number of carbonyl (C=O) groups is 2. The molecule has 0 aromatic heterocycles. The Balaban J connectivity index is 1.72. The van der Waals surface area contributed by atoms with Crippen LogP contribution in [-0.4, -0.2) is 29.5 Å². The Morgan fingerprint density at radius 2 is 1.59 bits per heavy atom. The van der Waals surface area contributed by atoms with E-state index in [2.05, 4.69) is 29.8 Å². The first-order valence-electron chi connectivity index (χ1n) is 8.39. The average molecular weight is 373 g/mol. The fraction of sp³-hybridized carbons (Fsp3) is 0.882. The SMILES string of the molecule is CC(C)C1(OC(=O)COC(=O)CBr)C2CC3CC(C2)CC1C3. The first-order chi connectivity index (χ1) is 10.5. The summed E-state index contributed by atoms with van der Waals surface area (Å²) in [6.07, 6.45) is 6.15. The maximum absolute atomic E-state index is 12.3. The molecule has 0 radical (unpaired) electrons. The fourth-order valence-corrected chi connectivity index (χ4v) is 5.71. The second kappa shape index (κ2) is 6.14. The van der Waals surface area contributed by atoms with Gasteiger partial charge in [-0.1, -0.05) is 29.8 Å². The maximum Gasteiger partial charge on any atom is 0.344 e. The molecule has 0 heterocycles. The summed E-state index contributed by atoms with van der Waals surface area (Å²) in [7, 11) is 0. The van der Waals surface area contributed by atoms with Crippen LogP contribution in [-0.2, 0) is 19.1 Å². The minimum Gasteiger partial charge on any atom is -0.456 e. The van der Waals surface area contributed by atoms with Crippen LogP contribution in [0.4, 0.5) is 0 Å². The molecule has 5 heteroatoms. The van der Waals surface area contributed by atoms with Crippen molar-refractivity contribution in [2.75, 3.05) is 11.9 Å². The molecule has 0 saturated heterocycles. The van der Waals surface area contributed by atoms with Crippen LogP contribution in [0.15, 0.2) is 0 Å². The van der Waals surface area contributed by atoms with E-state index in [-0.39, 0.29) is 17.5 Å². The van der Waals surface area contributed by atoms with Crippen LogP contribution in [0.1, 0.15) is 46.0 Å². The lowest BCUT2D eigenvalue weighted by molar-refractivity contribution is -0.227. The largest absolute Gasteiger partial charge is 0.456 e. The Morgan fingerprint density at radius 1 is 1.05 bits per heavy atom. The lowest BCUT2D eigenvalue weighted by Gasteiger charge is -2.61. The zero-order valence-corrected chi connectivity index (χ0v) is 14.9. The van der Waals surface area contributed by atoms with Crippen molar-refractivity contribution in [2.45, 2.75) is 51.6 Å². The van der Waals surface area contributed by atoms with Crippen LogP contribution < -0.4 is 0 Å². The molecule has 0 N–H and O–H groups in total. The Morgan fingerprint density at radius 3 is 2.05 bits per heavy atom. The van der Waals surface area contributed by atoms with Gasteiger partial charge in [-0.2, -0.15) is 0 Å². The van der Waals surface area contributed by atoms with Gasteiger partial charge in [0.25, 0.3) is 0 Å². The monoisotopic (exact) mass is 372 g/mol. The predicted molar refractivity (Wildman–Crippen MR) is 85.5 cm³/mol. The molecule has 4 bridgehead atoms. The molecule has 22 heavy (non-hydrogen) atoms. The second-order valence-electron chi connectivity index (χ2n) is 7.58. The van der Waals surface area contributed by atoms with E-state index >= 15 is 0 Å². The third kappa shape index (κ3) is 2.70. The van der Waals surface area contributed by atoms with Crippen molar-refractivity contribution in [3.63, 3.8) is 0 Å². The normalized spacial score (nSPS) is 39.1. The highest BCUT2D eigenvalue weighted by Gasteiger charge is 2.60. The van der Waals surface area contributed by atoms with Gasteiger partial charge >= 0.3 is 11.9 Å². The second-order valence-corrected chi connectivity index (χ2v) is 8.14. The third-order valence-corrected chi connectivity index (χ3v) is 6.53. The number of esters is 2. The van der Waals surface area contributed by atoms with Gasteiger partial charge in [-0.25, -0.2) is 4.79 Å². The lowest BCUT2D eigenvalue weighted by Crippen LogP contribution is -2.62. The van der Waals surface area contributed by atoms with Crippen molar-refractivity contribution >= 4 is 27.9 Å². The van der Waals surface area contributed by atoms with Gasteiger partial charge in [-0.3, -0.25) is 4.79 Å². The first-order valence-corrected chi connectivity index (χ1v) is 9.51. The van der Waals surface area contributed by atoms with E-state index in [1.807, 2.05) is 0 Å². The zero-order valence-electron chi connectivity index (χ0n) is 13.3. The molecule has 0 aliphatic heterocycles. The van der Waals surface area contributed by atoms with Gasteiger partial charge in [0.05, 0.1) is 0 Å². The van der Waals surface area contributed by atoms with E-state index in [9.17, 15) is 9.59 Å². The van der Waals surface area contributed by atoms with Crippen molar-refractivity contribution in [1.82, 2.24) is 0 Å². The molecular formula is C17H25BrO4. The van der Waals surface area contributed by atoms with E-state index in [4.69, 9.17) is 9.47 Å². The van der Waals surface area contributed by atoms with Crippen molar-refractivity contribution < 1.29 is 19.1 Å². The number of hydrogen-bond acceptors (Lipinski definition) is 4. The fourth-order valence-electron chi connectivity index (χ4n) is 5.55. The molecule has 4 rings (SSSR count). The molecule has 124 valence electrons. The van der Waals surface area contributed by atoms with Crippen LogP contribution in [0.2, 0.25) is 0 Å². The molecule has 0 spiro atoms. The highest BCUT2D eigenvalue weighted by molar-refractivity contribution is 9.09. The third-order valence-electron chi connectivity index (χ3n) is 6.07. The molecule has 4 aliphatic carbocycles. The van der Waals surface area contributed by atoms with Crippen LogP contribution in [0.25, 0.3) is 0 Å². The number of rotatable bonds is 5. The number of hydrogen-bond donors (Lipinski definition) is 0. The Hall–Kier alpha value is -0.580. The Bertz CT molecular complexity index is 432. The number of halogens is 1. The molecule has 0 amide bonds. The number of carbonyl (C=O) groups excluding carboxylic acids is 2. The lowest BCUT2D eigenvalue weighted by atomic mass is 9.47. The summed E-state index contributed by atoms with van der Waals surface area (Å²) >= 11 is 3.02. The van der Waals surface area contributed by atoms with Crippen LogP contribution in [0, 0.1) is 29.6 Å². The molecule has 4 aliphatic rings. The quantitative estimate of drug-likeness (QED) is 0.548. The molecule has 4 fully saturated rings. The first kappa shape index (κ1) is 16.3. The summed E-state index contributed by atoms with van der Waals surface area (Å²) < 4.78 is 11.0. The minimum absolute atomic E-state index is 0.101. The summed E-state index contributed by atoms with van der Waals surface area (Å²) in [5.41, 5.74) is -0.342. The highest BCUT2D eigenvalue weighted by Crippen LogP contribution is 2.61. The smallest absolute Gasteiger partial charge is 0.344 e. The summed E-state index contributed by atoms with van der Waals surface area (Å²) in [6, 6.07) is 0. The van der Waals surface area contributed by atoms with E-state index < -0.39 is 11.9 Å². The minimum atomic E-state index is -0.430. The summed E-state index contributed by atoms with van der Waals surface area (Å²) in [5.74, 6) is 2.12. The van der Waals surface area contributed by atoms with Gasteiger partial charge in [-0.15, -0.1) is 0 Å². The van der Waals surface area contributed by atoms with Gasteiger partial charge in [0.2, 0.25) is 0 Å². The molecule has 4 nitrogen and oxygen atoms in total. The summed E-state index contributed by atoms with van der Waals surface area (Å²) in [5, 5.41) is 0.101. The molecule has 0 aromatic rings. The summed E-state index contributed by atoms with van der Waals surface area (Å²) in [6.45, 7) is 4.06. The summed E-state index contributed by atoms with van der Waals surface area (Å²) in [4.78, 5) is 23.4. The van der Waals surface area contributed by atoms with E-state index in [1.54, 1.807) is 0 Å². The van der Waals surface area contributed by atoms with Gasteiger partial charge in [0, 0.05) is 0 Å². The van der Waals surface area contributed by atoms with Crippen molar-refractivity contribution in [3.05, 3.63) is 0 Å². The highest BCUT2D eigenvalue weighted by atomic mass is 79.9. The van der Waals surface area contributed by atoms with Crippen molar-refractivity contribution in [1.29, 1.82) is 0 Å². The van der Waals surface area contributed by atoms with Crippen LogP contribution in [0.5, 0.6) is 0 Å². The van der Waals surface area contributed by atoms with E-state index in [1.165, 1.54) is 32.1 Å². The average Bonchev–Trinajstić information content (AvgIpc) is 2.47. The van der Waals surface area contributed by atoms with Gasteiger partial charge < -0.3 is 9.47 Å². The molecule has 0 aromatic carbocycles. The van der Waals surface area contributed by atoms with Gasteiger partial charge in [0.15, 0.2) is 6.61 Å². The van der Waals surface area contributed by atoms with E-state index in [0.29, 0.717) is 17.8 Å². The molecular weight excluding hydrogens is 348 g/mol. The van der Waals surface area contributed by atoms with Gasteiger partial charge in [-0.05, 0) is 61.7 Å². The Kier molecular flexibility index (Phi) is 4.54. The van der Waals surface area contributed by atoms with Crippen molar-refractivity contribution in [2.24, 2.45) is 29.6 Å². The zero-order chi connectivity index (χ0) is 15.9. The van der Waals surface area contributed by atoms with Crippen LogP contribution in [0.3, 0.4) is 0 Å².